The van der Waals surface area contributed by atoms with Gasteiger partial charge in [0, 0.05) is 73.4 Å². The number of aromatic hydroxyl groups is 2. The highest BCUT2D eigenvalue weighted by molar-refractivity contribution is 5.96. The van der Waals surface area contributed by atoms with Crippen LogP contribution in [0.1, 0.15) is 166 Å². The Labute approximate surface area is 624 Å². The first-order valence-corrected chi connectivity index (χ1v) is 33.7. The average Bonchev–Trinajstić information content (AvgIpc) is 0.818. The van der Waals surface area contributed by atoms with Gasteiger partial charge in [0.1, 0.15) is 23.9 Å². The van der Waals surface area contributed by atoms with E-state index in [-0.39, 0.29) is 109 Å². The molecule has 0 unspecified atom stereocenters. The van der Waals surface area contributed by atoms with Gasteiger partial charge in [0.2, 0.25) is 23.6 Å². The number of benzene rings is 5. The molecule has 0 aromatic heterocycles. The number of nitrogens with one attached hydrogen (secondary N) is 3. The second-order valence-electron chi connectivity index (χ2n) is 25.1. The summed E-state index contributed by atoms with van der Waals surface area (Å²) in [6.07, 6.45) is -14.0. The molecule has 0 aliphatic carbocycles. The second kappa shape index (κ2) is 48.0. The largest absolute Gasteiger partial charge is 0.508 e. The van der Waals surface area contributed by atoms with Crippen LogP contribution in [0.2, 0.25) is 0 Å². The molecule has 5 rings (SSSR count). The van der Waals surface area contributed by atoms with Crippen molar-refractivity contribution in [2.75, 3.05) is 26.2 Å². The van der Waals surface area contributed by atoms with Crippen molar-refractivity contribution in [3.05, 3.63) is 165 Å². The van der Waals surface area contributed by atoms with Gasteiger partial charge in [0.15, 0.2) is 29.3 Å². The van der Waals surface area contributed by atoms with E-state index in [0.717, 1.165) is 5.56 Å². The van der Waals surface area contributed by atoms with Crippen LogP contribution < -0.4 is 67.6 Å². The van der Waals surface area contributed by atoms with E-state index in [4.69, 9.17) is 67.3 Å². The molecule has 0 spiro atoms. The van der Waals surface area contributed by atoms with Crippen molar-refractivity contribution in [1.82, 2.24) is 16.0 Å². The fourth-order valence-electron chi connectivity index (χ4n) is 11.5. The second-order valence-corrected chi connectivity index (χ2v) is 25.1. The summed E-state index contributed by atoms with van der Waals surface area (Å²) in [5.41, 5.74) is 56.2. The van der Waals surface area contributed by atoms with E-state index in [1.165, 1.54) is 24.3 Å². The van der Waals surface area contributed by atoms with Crippen molar-refractivity contribution < 1.29 is 69.1 Å². The van der Waals surface area contributed by atoms with Crippen LogP contribution in [-0.2, 0) is 75.4 Å². The van der Waals surface area contributed by atoms with Gasteiger partial charge in [-0.25, -0.2) is 4.79 Å². The third-order valence-electron chi connectivity index (χ3n) is 16.9. The molecule has 0 bridgehead atoms. The Morgan fingerprint density at radius 1 is 0.452 bits per heavy atom. The highest BCUT2D eigenvalue weighted by Crippen LogP contribution is 2.29. The molecule has 0 aliphatic heterocycles. The van der Waals surface area contributed by atoms with E-state index >= 15 is 0 Å². The average molecular weight is 1450 g/mol. The molecule has 8 atom stereocenters. The van der Waals surface area contributed by atoms with Crippen LogP contribution in [0.4, 0.5) is 4.79 Å². The number of nitrogens with two attached hydrogens (primary N) is 9. The number of phenolic OH excluding ortho intramolecular Hbond substituents is 2. The van der Waals surface area contributed by atoms with Crippen molar-refractivity contribution in [1.29, 1.82) is 0 Å². The highest BCUT2D eigenvalue weighted by Gasteiger charge is 2.35. The lowest BCUT2D eigenvalue weighted by atomic mass is 9.86. The number of guanidine groups is 2. The number of amides is 5. The lowest BCUT2D eigenvalue weighted by molar-refractivity contribution is -0.134. The van der Waals surface area contributed by atoms with Gasteiger partial charge in [-0.15, -0.1) is 0 Å². The van der Waals surface area contributed by atoms with Crippen LogP contribution in [0.3, 0.4) is 0 Å². The zero-order chi connectivity index (χ0) is 82.4. The van der Waals surface area contributed by atoms with Gasteiger partial charge in [0.25, 0.3) is 0 Å². The number of carbonyl (C=O) groups excluding carboxylic acids is 9. The van der Waals surface area contributed by atoms with Gasteiger partial charge < -0.3 is 82.5 Å². The predicted molar refractivity (Wildman–Crippen MR) is 408 cm³/mol. The van der Waals surface area contributed by atoms with E-state index in [9.17, 15) is 53.4 Å². The number of ether oxygens (including phenoxy) is 1. The van der Waals surface area contributed by atoms with Crippen molar-refractivity contribution >= 4 is 64.8 Å². The Morgan fingerprint density at radius 3 is 1.14 bits per heavy atom. The fraction of sp³-hybridized carbons (Fsp3) is 0.474. The molecular formula is C78H116N14O12. The molecule has 5 aromatic rings. The van der Waals surface area contributed by atoms with E-state index in [2.05, 4.69) is 25.9 Å². The molecule has 0 radical (unpaired) electrons. The molecule has 5 aromatic carbocycles. The number of hydrogen-bond donors (Lipinski definition) is 14. The molecule has 0 saturated carbocycles. The Balaban J connectivity index is 0.000000759. The first-order chi connectivity index (χ1) is 51.5. The lowest BCUT2D eigenvalue weighted by Gasteiger charge is -2.25. The van der Waals surface area contributed by atoms with Crippen molar-refractivity contribution in [3.8, 4) is 11.5 Å². The van der Waals surface area contributed by atoms with E-state index in [1.54, 1.807) is 119 Å². The third kappa shape index (κ3) is 33.4. The van der Waals surface area contributed by atoms with Crippen LogP contribution in [0.25, 0.3) is 0 Å². The zero-order valence-corrected chi connectivity index (χ0v) is 58.6. The molecule has 570 valence electrons. The third-order valence-corrected chi connectivity index (χ3v) is 16.9. The maximum Gasteiger partial charge on any atom is 0.408 e. The Kier molecular flexibility index (Phi) is 35.3. The van der Waals surface area contributed by atoms with Crippen LogP contribution >= 0.6 is 0 Å². The predicted octanol–water partition coefficient (Wildman–Crippen LogP) is 6.09. The number of aryl methyl sites for hydroxylation is 4. The minimum atomic E-state index is -2.75. The van der Waals surface area contributed by atoms with Crippen LogP contribution in [0.5, 0.6) is 11.5 Å². The van der Waals surface area contributed by atoms with Crippen LogP contribution in [-0.4, -0.2) is 125 Å². The van der Waals surface area contributed by atoms with Crippen molar-refractivity contribution in [3.63, 3.8) is 0 Å². The van der Waals surface area contributed by atoms with Gasteiger partial charge in [-0.1, -0.05) is 106 Å². The van der Waals surface area contributed by atoms with E-state index in [0.29, 0.717) is 50.9 Å². The Hall–Kier alpha value is -10.1. The topological polar surface area (TPSA) is 498 Å². The molecule has 5 amide bonds. The van der Waals surface area contributed by atoms with Gasteiger partial charge >= 0.3 is 6.09 Å². The number of hydrogen-bond acceptors (Lipinski definition) is 17. The molecule has 0 aliphatic rings. The number of aliphatic imine (C=N–C) groups is 2. The molecule has 26 nitrogen and oxygen atoms in total. The first kappa shape index (κ1) is 76.6. The monoisotopic (exact) mass is 1450 g/mol. The molecule has 0 heterocycles. The molecular weight excluding hydrogens is 1320 g/mol. The van der Waals surface area contributed by atoms with Crippen LogP contribution in [0.15, 0.2) is 125 Å². The number of ketones is 4. The summed E-state index contributed by atoms with van der Waals surface area (Å²) in [7, 11) is 0. The minimum Gasteiger partial charge on any atom is -0.508 e. The Morgan fingerprint density at radius 2 is 0.788 bits per heavy atom. The number of Topliss-reactive ketones (excluding diaryl/α,β-unsaturated/α-hetero) is 4. The van der Waals surface area contributed by atoms with E-state index < -0.39 is 171 Å². The number of carbonyl (C=O) groups is 9. The van der Waals surface area contributed by atoms with E-state index in [1.807, 2.05) is 0 Å². The standard InChI is InChI=1S/C42H57N7O7.C34H51N7O5.2CH4/c1-27-20-33(50)21-28(2)34(27)23-32(25-38(52)36(17-11-19-47-41(45)46)49-42(55)56-26-30-14-7-4-8-15-30)40(54)48-35(16-9-10-18-43)37(51)24-31(39(44)53)22-29-12-5-3-6-13-29;1-21-15-26(42)16-22(2)27(21)18-25(20-30(43)28(36)11-8-14-40-34(38)39)33(46)41-29(12-6-7-13-35)31(44)19-24(32(37)45)17-23-9-4-3-5-10-23;;/h3-8,12-15,20-21,31-32,35-36,50H,9-11,16-19,22-26,43H2,1-2H3,(H2,44,53)(H,48,54)(H,49,55)(H4,45,46,47);3-5,9-10,15-16,24-25,28-29,42H,6-8,11-14,17-20,35-36H2,1-2H3,(H2,37,45)(H,41,46)(H4,38,39,40);2*1H4/t31-,32-,35+,36-;24-,25-,28-,29+;;/m11../s1/i9D2,10D2;6D2,7D2;;. The summed E-state index contributed by atoms with van der Waals surface area (Å²) in [5, 5.41) is 28.1. The molecule has 0 fully saturated rings. The number of alkyl carbamates (subject to hydrolysis) is 1. The maximum absolute atomic E-state index is 14.5. The van der Waals surface area contributed by atoms with Gasteiger partial charge in [0.05, 0.1) is 24.2 Å². The summed E-state index contributed by atoms with van der Waals surface area (Å²) in [4.78, 5) is 130. The fourth-order valence-corrected chi connectivity index (χ4v) is 11.5. The number of nitrogens with zero attached hydrogens (tertiary/aromatic N) is 2. The summed E-state index contributed by atoms with van der Waals surface area (Å²) >= 11 is 0. The molecule has 26 heteroatoms. The van der Waals surface area contributed by atoms with Gasteiger partial charge in [-0.3, -0.25) is 48.3 Å². The smallest absolute Gasteiger partial charge is 0.408 e. The Bertz CT molecular complexity index is 3940. The number of phenols is 2. The normalized spacial score (nSPS) is 14.8. The van der Waals surface area contributed by atoms with Crippen LogP contribution in [0, 0.1) is 51.4 Å². The molecule has 23 N–H and O–H groups in total. The summed E-state index contributed by atoms with van der Waals surface area (Å²) < 4.78 is 72.3. The summed E-state index contributed by atoms with van der Waals surface area (Å²) in [5.74, 6) is -10.4. The minimum absolute atomic E-state index is 0. The lowest BCUT2D eigenvalue weighted by Crippen LogP contribution is -2.47. The van der Waals surface area contributed by atoms with Crippen molar-refractivity contribution in [2.45, 2.75) is 189 Å². The van der Waals surface area contributed by atoms with Crippen molar-refractivity contribution in [2.24, 2.45) is 85.3 Å². The quantitative estimate of drug-likeness (QED) is 0.0119. The summed E-state index contributed by atoms with van der Waals surface area (Å²) in [6.45, 7) is 5.74. The zero-order valence-electron chi connectivity index (χ0n) is 66.6. The molecule has 0 saturated heterocycles. The number of primary amides is 2. The van der Waals surface area contributed by atoms with Gasteiger partial charge in [-0.05, 0) is 205 Å². The maximum atomic E-state index is 14.5. The number of rotatable bonds is 45. The molecule has 104 heavy (non-hydrogen) atoms. The highest BCUT2D eigenvalue weighted by atomic mass is 16.5. The first-order valence-electron chi connectivity index (χ1n) is 37.7. The SMILES string of the molecule is C.C.[2H]C([2H])(CN)C([2H])([2H])C[C@H](NC(=O)[C@@H](CC(=O)[C@@H](CCCN=C(N)N)NC(=O)OCc1ccccc1)Cc1c(C)cc(O)cc1C)C(=O)C[C@@H](Cc1ccccc1)C(N)=O.[2H]C([2H])(CN)C([2H])([2H])C[C@H](NC(=O)[C@@H](CC(=O)[C@H](N)CCCN=C(N)N)Cc1c(C)cc(O)cc1C)C(=O)C[C@@H](Cc1ccccc1)C(N)=O. The summed E-state index contributed by atoms with van der Waals surface area (Å²) in [6, 6.07) is 27.0. The van der Waals surface area contributed by atoms with Gasteiger partial charge in [-0.2, -0.15) is 0 Å².